The maximum atomic E-state index is 12.3. The first-order chi connectivity index (χ1) is 8.34. The van der Waals surface area contributed by atoms with Gasteiger partial charge in [-0.25, -0.2) is 0 Å². The SMILES string of the molecule is O=C(c1cc2ccccc2[nH]1)C1CCCCN1. The molecule has 3 heteroatoms. The van der Waals surface area contributed by atoms with Gasteiger partial charge in [0, 0.05) is 10.9 Å². The van der Waals surface area contributed by atoms with Crippen LogP contribution in [0.3, 0.4) is 0 Å². The quantitative estimate of drug-likeness (QED) is 0.776. The number of para-hydroxylation sites is 1. The smallest absolute Gasteiger partial charge is 0.195 e. The summed E-state index contributed by atoms with van der Waals surface area (Å²) < 4.78 is 0. The van der Waals surface area contributed by atoms with Gasteiger partial charge in [0.15, 0.2) is 5.78 Å². The minimum atomic E-state index is -0.00295. The summed E-state index contributed by atoms with van der Waals surface area (Å²) in [6.45, 7) is 0.955. The highest BCUT2D eigenvalue weighted by atomic mass is 16.1. The molecule has 1 aliphatic rings. The van der Waals surface area contributed by atoms with Gasteiger partial charge in [-0.05, 0) is 31.5 Å². The molecule has 2 heterocycles. The summed E-state index contributed by atoms with van der Waals surface area (Å²) in [5.41, 5.74) is 1.76. The number of rotatable bonds is 2. The molecule has 1 unspecified atom stereocenters. The monoisotopic (exact) mass is 228 g/mol. The molecule has 1 atom stereocenters. The second kappa shape index (κ2) is 4.34. The van der Waals surface area contributed by atoms with Crippen LogP contribution in [0, 0.1) is 0 Å². The van der Waals surface area contributed by atoms with Crippen molar-refractivity contribution in [2.45, 2.75) is 25.3 Å². The van der Waals surface area contributed by atoms with Crippen LogP contribution in [0.5, 0.6) is 0 Å². The molecular weight excluding hydrogens is 212 g/mol. The number of benzene rings is 1. The first-order valence-electron chi connectivity index (χ1n) is 6.20. The van der Waals surface area contributed by atoms with Crippen LogP contribution in [-0.2, 0) is 0 Å². The molecule has 2 aromatic rings. The molecule has 17 heavy (non-hydrogen) atoms. The molecule has 1 aromatic carbocycles. The molecule has 0 aliphatic carbocycles. The molecule has 0 radical (unpaired) electrons. The Morgan fingerprint density at radius 1 is 1.24 bits per heavy atom. The number of nitrogens with one attached hydrogen (secondary N) is 2. The lowest BCUT2D eigenvalue weighted by Gasteiger charge is -2.21. The Kier molecular flexibility index (Phi) is 2.69. The van der Waals surface area contributed by atoms with Crippen LogP contribution in [0.2, 0.25) is 0 Å². The van der Waals surface area contributed by atoms with Crippen LogP contribution in [0.1, 0.15) is 29.8 Å². The zero-order valence-electron chi connectivity index (χ0n) is 9.70. The molecule has 1 fully saturated rings. The Hall–Kier alpha value is -1.61. The van der Waals surface area contributed by atoms with Crippen LogP contribution in [-0.4, -0.2) is 23.4 Å². The molecule has 2 N–H and O–H groups in total. The average Bonchev–Trinajstić information content (AvgIpc) is 2.82. The number of carbonyl (C=O) groups excluding carboxylic acids is 1. The summed E-state index contributed by atoms with van der Waals surface area (Å²) in [5.74, 6) is 0.195. The van der Waals surface area contributed by atoms with Gasteiger partial charge in [-0.3, -0.25) is 4.79 Å². The highest BCUT2D eigenvalue weighted by molar-refractivity contribution is 6.02. The van der Waals surface area contributed by atoms with Gasteiger partial charge in [0.2, 0.25) is 0 Å². The van der Waals surface area contributed by atoms with Crippen LogP contribution in [0.4, 0.5) is 0 Å². The third kappa shape index (κ3) is 1.98. The Bertz CT molecular complexity index is 505. The molecule has 1 aliphatic heterocycles. The molecule has 0 spiro atoms. The van der Waals surface area contributed by atoms with Crippen molar-refractivity contribution in [1.29, 1.82) is 0 Å². The summed E-state index contributed by atoms with van der Waals surface area (Å²) >= 11 is 0. The second-order valence-corrected chi connectivity index (χ2v) is 4.64. The number of ketones is 1. The number of piperidine rings is 1. The van der Waals surface area contributed by atoms with Crippen molar-refractivity contribution in [2.75, 3.05) is 6.54 Å². The van der Waals surface area contributed by atoms with E-state index in [2.05, 4.69) is 10.3 Å². The maximum absolute atomic E-state index is 12.3. The molecule has 88 valence electrons. The molecule has 3 rings (SSSR count). The lowest BCUT2D eigenvalue weighted by molar-refractivity contribution is 0.0923. The molecule has 0 amide bonds. The van der Waals surface area contributed by atoms with Crippen LogP contribution < -0.4 is 5.32 Å². The van der Waals surface area contributed by atoms with Crippen molar-refractivity contribution in [1.82, 2.24) is 10.3 Å². The number of aromatic nitrogens is 1. The standard InChI is InChI=1S/C14H16N2O/c17-14(12-7-3-4-8-15-12)13-9-10-5-1-2-6-11(10)16-13/h1-2,5-6,9,12,15-16H,3-4,7-8H2. The van der Waals surface area contributed by atoms with Gasteiger partial charge in [-0.15, -0.1) is 0 Å². The zero-order valence-corrected chi connectivity index (χ0v) is 9.70. The zero-order chi connectivity index (χ0) is 11.7. The van der Waals surface area contributed by atoms with E-state index in [-0.39, 0.29) is 11.8 Å². The molecule has 0 saturated carbocycles. The minimum absolute atomic E-state index is 0.00295. The molecule has 1 saturated heterocycles. The number of H-pyrrole nitrogens is 1. The summed E-state index contributed by atoms with van der Waals surface area (Å²) in [6, 6.07) is 9.94. The maximum Gasteiger partial charge on any atom is 0.195 e. The predicted molar refractivity (Wildman–Crippen MR) is 68.3 cm³/mol. The summed E-state index contributed by atoms with van der Waals surface area (Å²) in [5, 5.41) is 4.40. The van der Waals surface area contributed by atoms with Crippen LogP contribution in [0.25, 0.3) is 10.9 Å². The van der Waals surface area contributed by atoms with Crippen LogP contribution in [0.15, 0.2) is 30.3 Å². The van der Waals surface area contributed by atoms with Gasteiger partial charge < -0.3 is 10.3 Å². The van der Waals surface area contributed by atoms with E-state index in [1.165, 1.54) is 6.42 Å². The topological polar surface area (TPSA) is 44.9 Å². The highest BCUT2D eigenvalue weighted by Gasteiger charge is 2.22. The summed E-state index contributed by atoms with van der Waals surface area (Å²) in [4.78, 5) is 15.5. The lowest BCUT2D eigenvalue weighted by atomic mass is 9.99. The number of hydrogen-bond acceptors (Lipinski definition) is 2. The van der Waals surface area contributed by atoms with E-state index in [1.54, 1.807) is 0 Å². The van der Waals surface area contributed by atoms with Gasteiger partial charge in [0.1, 0.15) is 0 Å². The number of aromatic amines is 1. The minimum Gasteiger partial charge on any atom is -0.352 e. The fraction of sp³-hybridized carbons (Fsp3) is 0.357. The van der Waals surface area contributed by atoms with E-state index in [0.717, 1.165) is 36.0 Å². The third-order valence-corrected chi connectivity index (χ3v) is 3.42. The van der Waals surface area contributed by atoms with E-state index >= 15 is 0 Å². The normalized spacial score (nSPS) is 20.6. The number of fused-ring (bicyclic) bond motifs is 1. The number of hydrogen-bond donors (Lipinski definition) is 2. The highest BCUT2D eigenvalue weighted by Crippen LogP contribution is 2.18. The van der Waals surface area contributed by atoms with Crippen molar-refractivity contribution in [3.05, 3.63) is 36.0 Å². The lowest BCUT2D eigenvalue weighted by Crippen LogP contribution is -2.40. The van der Waals surface area contributed by atoms with Gasteiger partial charge in [0.05, 0.1) is 11.7 Å². The van der Waals surface area contributed by atoms with Crippen molar-refractivity contribution in [2.24, 2.45) is 0 Å². The largest absolute Gasteiger partial charge is 0.352 e. The molecule has 0 bridgehead atoms. The fourth-order valence-corrected chi connectivity index (χ4v) is 2.47. The Morgan fingerprint density at radius 3 is 2.88 bits per heavy atom. The number of Topliss-reactive ketones (excluding diaryl/α,β-unsaturated/α-hetero) is 1. The van der Waals surface area contributed by atoms with Gasteiger partial charge in [0.25, 0.3) is 0 Å². The second-order valence-electron chi connectivity index (χ2n) is 4.64. The van der Waals surface area contributed by atoms with Gasteiger partial charge in [-0.1, -0.05) is 24.6 Å². The van der Waals surface area contributed by atoms with Crippen molar-refractivity contribution in [3.8, 4) is 0 Å². The van der Waals surface area contributed by atoms with Crippen LogP contribution >= 0.6 is 0 Å². The summed E-state index contributed by atoms with van der Waals surface area (Å²) in [7, 11) is 0. The first kappa shape index (κ1) is 10.5. The van der Waals surface area contributed by atoms with E-state index in [1.807, 2.05) is 30.3 Å². The van der Waals surface area contributed by atoms with E-state index in [0.29, 0.717) is 0 Å². The van der Waals surface area contributed by atoms with E-state index in [9.17, 15) is 4.79 Å². The number of carbonyl (C=O) groups is 1. The fourth-order valence-electron chi connectivity index (χ4n) is 2.47. The predicted octanol–water partition coefficient (Wildman–Crippen LogP) is 2.49. The molecular formula is C14H16N2O. The van der Waals surface area contributed by atoms with E-state index < -0.39 is 0 Å². The molecule has 3 nitrogen and oxygen atoms in total. The summed E-state index contributed by atoms with van der Waals surface area (Å²) in [6.07, 6.45) is 3.27. The van der Waals surface area contributed by atoms with Crippen molar-refractivity contribution in [3.63, 3.8) is 0 Å². The third-order valence-electron chi connectivity index (χ3n) is 3.42. The Labute approximate surface area is 100 Å². The Balaban J connectivity index is 1.89. The molecule has 1 aromatic heterocycles. The Morgan fingerprint density at radius 2 is 2.12 bits per heavy atom. The van der Waals surface area contributed by atoms with Gasteiger partial charge in [-0.2, -0.15) is 0 Å². The van der Waals surface area contributed by atoms with E-state index in [4.69, 9.17) is 0 Å². The van der Waals surface area contributed by atoms with Gasteiger partial charge >= 0.3 is 0 Å². The van der Waals surface area contributed by atoms with Crippen molar-refractivity contribution >= 4 is 16.7 Å². The van der Waals surface area contributed by atoms with Crippen molar-refractivity contribution < 1.29 is 4.79 Å². The average molecular weight is 228 g/mol. The first-order valence-corrected chi connectivity index (χ1v) is 6.20.